The van der Waals surface area contributed by atoms with Crippen LogP contribution in [0.5, 0.6) is 0 Å². The van der Waals surface area contributed by atoms with Gasteiger partial charge in [0.15, 0.2) is 0 Å². The number of rotatable bonds is 1. The van der Waals surface area contributed by atoms with Crippen LogP contribution in [0.25, 0.3) is 0 Å². The van der Waals surface area contributed by atoms with Gasteiger partial charge in [-0.2, -0.15) is 0 Å². The van der Waals surface area contributed by atoms with Crippen LogP contribution in [0.3, 0.4) is 0 Å². The molecule has 0 aromatic rings. The number of ether oxygens (including phenoxy) is 1. The Bertz CT molecular complexity index is 170. The quantitative estimate of drug-likeness (QED) is 0.620. The zero-order valence-corrected chi connectivity index (χ0v) is 7.26. The summed E-state index contributed by atoms with van der Waals surface area (Å²) < 4.78 is 5.56. The van der Waals surface area contributed by atoms with Crippen molar-refractivity contribution in [3.63, 3.8) is 0 Å². The smallest absolute Gasteiger partial charge is 0.0701 e. The van der Waals surface area contributed by atoms with Crippen LogP contribution < -0.4 is 0 Å². The lowest BCUT2D eigenvalue weighted by Crippen LogP contribution is -2.23. The molecule has 2 fully saturated rings. The third-order valence-electron chi connectivity index (χ3n) is 2.94. The van der Waals surface area contributed by atoms with Crippen LogP contribution in [0, 0.1) is 5.92 Å². The van der Waals surface area contributed by atoms with Crippen molar-refractivity contribution in [2.75, 3.05) is 6.61 Å². The molecule has 1 atom stereocenters. The van der Waals surface area contributed by atoms with Crippen LogP contribution in [0.15, 0.2) is 0 Å². The minimum atomic E-state index is -0.340. The minimum Gasteiger partial charge on any atom is -0.390 e. The van der Waals surface area contributed by atoms with Gasteiger partial charge >= 0.3 is 0 Å². The van der Waals surface area contributed by atoms with Gasteiger partial charge in [0.25, 0.3) is 0 Å². The van der Waals surface area contributed by atoms with E-state index in [1.807, 2.05) is 0 Å². The summed E-state index contributed by atoms with van der Waals surface area (Å²) >= 11 is 0. The molecular formula is C9H16O2. The van der Waals surface area contributed by atoms with Crippen molar-refractivity contribution >= 4 is 0 Å². The molecular weight excluding hydrogens is 140 g/mol. The molecule has 1 aliphatic carbocycles. The highest BCUT2D eigenvalue weighted by atomic mass is 16.5. The monoisotopic (exact) mass is 156 g/mol. The Morgan fingerprint density at radius 2 is 2.00 bits per heavy atom. The van der Waals surface area contributed by atoms with Crippen molar-refractivity contribution in [2.45, 2.75) is 44.3 Å². The fourth-order valence-corrected chi connectivity index (χ4v) is 1.92. The molecule has 0 unspecified atom stereocenters. The molecule has 0 aromatic carbocycles. The number of hydrogen-bond donors (Lipinski definition) is 1. The minimum absolute atomic E-state index is 0.00296. The summed E-state index contributed by atoms with van der Waals surface area (Å²) in [7, 11) is 0. The second kappa shape index (κ2) is 1.99. The van der Waals surface area contributed by atoms with Gasteiger partial charge in [0.2, 0.25) is 0 Å². The average Bonchev–Trinajstić information content (AvgIpc) is 2.51. The summed E-state index contributed by atoms with van der Waals surface area (Å²) in [6.07, 6.45) is 2.98. The lowest BCUT2D eigenvalue weighted by atomic mass is 9.92. The summed E-state index contributed by atoms with van der Waals surface area (Å²) in [5, 5.41) is 9.78. The van der Waals surface area contributed by atoms with Gasteiger partial charge in [0.1, 0.15) is 0 Å². The van der Waals surface area contributed by atoms with E-state index in [1.54, 1.807) is 0 Å². The zero-order valence-electron chi connectivity index (χ0n) is 7.26. The van der Waals surface area contributed by atoms with Gasteiger partial charge in [0.05, 0.1) is 17.8 Å². The SMILES string of the molecule is CC1(C)C[C@@H](C2(O)CC2)CO1. The van der Waals surface area contributed by atoms with Crippen molar-refractivity contribution in [3.8, 4) is 0 Å². The molecule has 1 heterocycles. The van der Waals surface area contributed by atoms with Gasteiger partial charge in [-0.05, 0) is 33.1 Å². The molecule has 0 aromatic heterocycles. The van der Waals surface area contributed by atoms with Crippen molar-refractivity contribution < 1.29 is 9.84 Å². The average molecular weight is 156 g/mol. The lowest BCUT2D eigenvalue weighted by molar-refractivity contribution is 0.0267. The molecule has 2 rings (SSSR count). The highest BCUT2D eigenvalue weighted by Gasteiger charge is 2.52. The van der Waals surface area contributed by atoms with Crippen molar-refractivity contribution in [1.29, 1.82) is 0 Å². The Morgan fingerprint density at radius 1 is 1.36 bits per heavy atom. The van der Waals surface area contributed by atoms with Crippen LogP contribution >= 0.6 is 0 Å². The molecule has 64 valence electrons. The Kier molecular flexibility index (Phi) is 1.37. The standard InChI is InChI=1S/C9H16O2/c1-8(2)5-7(6-11-8)9(10)3-4-9/h7,10H,3-6H2,1-2H3/t7-/m1/s1. The second-order valence-corrected chi connectivity index (χ2v) is 4.58. The maximum Gasteiger partial charge on any atom is 0.0701 e. The van der Waals surface area contributed by atoms with E-state index in [0.717, 1.165) is 25.9 Å². The highest BCUT2D eigenvalue weighted by Crippen LogP contribution is 2.48. The Hall–Kier alpha value is -0.0800. The van der Waals surface area contributed by atoms with Crippen molar-refractivity contribution in [2.24, 2.45) is 5.92 Å². The summed E-state index contributed by atoms with van der Waals surface area (Å²) in [5.74, 6) is 0.400. The molecule has 1 N–H and O–H groups in total. The lowest BCUT2D eigenvalue weighted by Gasteiger charge is -2.17. The maximum atomic E-state index is 9.78. The normalized spacial score (nSPS) is 39.0. The molecule has 2 nitrogen and oxygen atoms in total. The van der Waals surface area contributed by atoms with E-state index >= 15 is 0 Å². The molecule has 1 aliphatic heterocycles. The van der Waals surface area contributed by atoms with Gasteiger partial charge in [-0.3, -0.25) is 0 Å². The first-order valence-electron chi connectivity index (χ1n) is 4.38. The molecule has 2 heteroatoms. The maximum absolute atomic E-state index is 9.78. The van der Waals surface area contributed by atoms with Crippen molar-refractivity contribution in [1.82, 2.24) is 0 Å². The van der Waals surface area contributed by atoms with Crippen LogP contribution in [0.2, 0.25) is 0 Å². The van der Waals surface area contributed by atoms with E-state index in [4.69, 9.17) is 4.74 Å². The largest absolute Gasteiger partial charge is 0.390 e. The van der Waals surface area contributed by atoms with E-state index in [-0.39, 0.29) is 11.2 Å². The molecule has 1 saturated heterocycles. The summed E-state index contributed by atoms with van der Waals surface area (Å²) in [6.45, 7) is 4.95. The van der Waals surface area contributed by atoms with E-state index in [1.165, 1.54) is 0 Å². The third kappa shape index (κ3) is 1.30. The Labute approximate surface area is 67.6 Å². The molecule has 2 aliphatic rings. The predicted octanol–water partition coefficient (Wildman–Crippen LogP) is 1.33. The molecule has 11 heavy (non-hydrogen) atoms. The number of hydrogen-bond acceptors (Lipinski definition) is 2. The van der Waals surface area contributed by atoms with E-state index in [2.05, 4.69) is 13.8 Å². The first-order chi connectivity index (χ1) is 5.02. The van der Waals surface area contributed by atoms with Crippen LogP contribution in [-0.2, 0) is 4.74 Å². The van der Waals surface area contributed by atoms with E-state index < -0.39 is 0 Å². The highest BCUT2D eigenvalue weighted by molar-refractivity contribution is 5.03. The summed E-state index contributed by atoms with van der Waals surface area (Å²) in [5.41, 5.74) is -0.337. The van der Waals surface area contributed by atoms with Crippen LogP contribution in [0.4, 0.5) is 0 Å². The van der Waals surface area contributed by atoms with Gasteiger partial charge in [-0.15, -0.1) is 0 Å². The molecule has 0 spiro atoms. The molecule has 1 saturated carbocycles. The Balaban J connectivity index is 2.00. The van der Waals surface area contributed by atoms with E-state index in [0.29, 0.717) is 5.92 Å². The van der Waals surface area contributed by atoms with Crippen LogP contribution in [-0.4, -0.2) is 22.9 Å². The van der Waals surface area contributed by atoms with Gasteiger partial charge in [-0.25, -0.2) is 0 Å². The van der Waals surface area contributed by atoms with Crippen LogP contribution in [0.1, 0.15) is 33.1 Å². The summed E-state index contributed by atoms with van der Waals surface area (Å²) in [4.78, 5) is 0. The second-order valence-electron chi connectivity index (χ2n) is 4.58. The fourth-order valence-electron chi connectivity index (χ4n) is 1.92. The third-order valence-corrected chi connectivity index (χ3v) is 2.94. The van der Waals surface area contributed by atoms with E-state index in [9.17, 15) is 5.11 Å². The predicted molar refractivity (Wildman–Crippen MR) is 42.3 cm³/mol. The topological polar surface area (TPSA) is 29.5 Å². The fraction of sp³-hybridized carbons (Fsp3) is 1.00. The first kappa shape index (κ1) is 7.56. The molecule has 0 amide bonds. The zero-order chi connectivity index (χ0) is 8.11. The molecule has 0 radical (unpaired) electrons. The molecule has 0 bridgehead atoms. The van der Waals surface area contributed by atoms with Gasteiger partial charge in [0, 0.05) is 5.92 Å². The Morgan fingerprint density at radius 3 is 2.36 bits per heavy atom. The summed E-state index contributed by atoms with van der Waals surface area (Å²) in [6, 6.07) is 0. The van der Waals surface area contributed by atoms with Gasteiger partial charge in [-0.1, -0.05) is 0 Å². The van der Waals surface area contributed by atoms with Crippen molar-refractivity contribution in [3.05, 3.63) is 0 Å². The van der Waals surface area contributed by atoms with Gasteiger partial charge < -0.3 is 9.84 Å². The first-order valence-corrected chi connectivity index (χ1v) is 4.38. The number of aliphatic hydroxyl groups is 1.